The molecular weight excluding hydrogens is 420 g/mol. The number of piperidine rings is 1. The Morgan fingerprint density at radius 3 is 2.55 bits per heavy atom. The summed E-state index contributed by atoms with van der Waals surface area (Å²) in [6, 6.07) is 0. The summed E-state index contributed by atoms with van der Waals surface area (Å²) >= 11 is 0. The van der Waals surface area contributed by atoms with E-state index in [1.54, 1.807) is 13.1 Å². The Morgan fingerprint density at radius 2 is 1.90 bits per heavy atom. The summed E-state index contributed by atoms with van der Waals surface area (Å²) in [7, 11) is 14.0. The Bertz CT molecular complexity index is 1230. The lowest BCUT2D eigenvalue weighted by atomic mass is 9.52. The van der Waals surface area contributed by atoms with E-state index in [4.69, 9.17) is 28.3 Å². The number of hydrogen-bond acceptors (Lipinski definition) is 6. The third-order valence-electron chi connectivity index (χ3n) is 5.43. The Balaban J connectivity index is 1.56. The van der Waals surface area contributed by atoms with E-state index < -0.39 is 21.1 Å². The lowest BCUT2D eigenvalue weighted by molar-refractivity contribution is 0.278. The number of halogens is 1. The molecule has 0 saturated carbocycles. The second kappa shape index (κ2) is 7.66. The highest BCUT2D eigenvalue weighted by Crippen LogP contribution is 2.35. The largest absolute Gasteiger partial charge is 0.500 e. The van der Waals surface area contributed by atoms with Crippen molar-refractivity contribution in [2.24, 2.45) is 7.05 Å². The van der Waals surface area contributed by atoms with E-state index in [1.165, 1.54) is 33.1 Å². The first-order valence-electron chi connectivity index (χ1n) is 9.55. The van der Waals surface area contributed by atoms with E-state index in [1.807, 2.05) is 0 Å². The highest BCUT2D eigenvalue weighted by Gasteiger charge is 2.35. The summed E-state index contributed by atoms with van der Waals surface area (Å²) < 4.78 is 50.2. The SMILES string of the molecule is [B]C([B])([B])Oc1c(S(=O)(=O)N2CCC(c3cn4ncnc4c(F)c3C)CC2)cnn1C. The van der Waals surface area contributed by atoms with E-state index in [2.05, 4.69) is 15.2 Å². The molecule has 0 N–H and O–H groups in total. The second-order valence-corrected chi connectivity index (χ2v) is 9.53. The summed E-state index contributed by atoms with van der Waals surface area (Å²) in [6.07, 6.45) is 5.23. The topological polar surface area (TPSA) is 94.6 Å². The molecule has 0 atom stereocenters. The van der Waals surface area contributed by atoms with Crippen LogP contribution in [-0.4, -0.2) is 79.0 Å². The Morgan fingerprint density at radius 1 is 1.23 bits per heavy atom. The van der Waals surface area contributed by atoms with Crippen LogP contribution in [-0.2, 0) is 17.1 Å². The minimum atomic E-state index is -3.94. The second-order valence-electron chi connectivity index (χ2n) is 7.62. The van der Waals surface area contributed by atoms with Crippen LogP contribution in [0.4, 0.5) is 4.39 Å². The van der Waals surface area contributed by atoms with E-state index >= 15 is 0 Å². The van der Waals surface area contributed by atoms with E-state index in [0.29, 0.717) is 18.4 Å². The van der Waals surface area contributed by atoms with Crippen LogP contribution in [0, 0.1) is 12.7 Å². The molecule has 4 heterocycles. The summed E-state index contributed by atoms with van der Waals surface area (Å²) in [4.78, 5) is 3.75. The van der Waals surface area contributed by atoms with Gasteiger partial charge in [0, 0.05) is 26.3 Å². The fraction of sp³-hybridized carbons (Fsp3) is 0.471. The van der Waals surface area contributed by atoms with Gasteiger partial charge in [0.15, 0.2) is 16.4 Å². The first-order chi connectivity index (χ1) is 14.5. The van der Waals surface area contributed by atoms with Crippen LogP contribution in [0.1, 0.15) is 29.9 Å². The molecule has 0 spiro atoms. The Labute approximate surface area is 183 Å². The smallest absolute Gasteiger partial charge is 0.250 e. The van der Waals surface area contributed by atoms with Gasteiger partial charge in [-0.25, -0.2) is 27.0 Å². The van der Waals surface area contributed by atoms with Gasteiger partial charge in [0.1, 0.15) is 29.9 Å². The predicted molar refractivity (Wildman–Crippen MR) is 112 cm³/mol. The highest BCUT2D eigenvalue weighted by atomic mass is 32.2. The van der Waals surface area contributed by atoms with Crippen LogP contribution in [0.25, 0.3) is 5.65 Å². The maximum absolute atomic E-state index is 14.6. The lowest BCUT2D eigenvalue weighted by Gasteiger charge is -2.32. The molecule has 1 aliphatic heterocycles. The number of hydrogen-bond donors (Lipinski definition) is 0. The van der Waals surface area contributed by atoms with Crippen molar-refractivity contribution in [3.63, 3.8) is 0 Å². The molecule has 6 radical (unpaired) electrons. The number of pyridine rings is 1. The third kappa shape index (κ3) is 3.98. The number of nitrogens with zero attached hydrogens (tertiary/aromatic N) is 6. The molecule has 0 aliphatic carbocycles. The molecule has 1 aliphatic rings. The molecule has 1 saturated heterocycles. The van der Waals surface area contributed by atoms with Gasteiger partial charge >= 0.3 is 0 Å². The van der Waals surface area contributed by atoms with E-state index in [0.717, 1.165) is 5.56 Å². The van der Waals surface area contributed by atoms with Gasteiger partial charge < -0.3 is 4.74 Å². The molecule has 0 amide bonds. The van der Waals surface area contributed by atoms with Gasteiger partial charge in [0.25, 0.3) is 0 Å². The van der Waals surface area contributed by atoms with Crippen LogP contribution in [0.15, 0.2) is 23.6 Å². The van der Waals surface area contributed by atoms with Crippen molar-refractivity contribution in [1.82, 2.24) is 28.7 Å². The Kier molecular flexibility index (Phi) is 5.41. The normalized spacial score (nSPS) is 16.7. The summed E-state index contributed by atoms with van der Waals surface area (Å²) in [5, 5.41) is 5.89. The van der Waals surface area contributed by atoms with Crippen LogP contribution in [0.3, 0.4) is 0 Å². The predicted octanol–water partition coefficient (Wildman–Crippen LogP) is -0.0258. The summed E-state index contributed by atoms with van der Waals surface area (Å²) in [5.74, 6) is -0.593. The monoisotopic (exact) mass is 438 g/mol. The lowest BCUT2D eigenvalue weighted by Crippen LogP contribution is -2.40. The van der Waals surface area contributed by atoms with Gasteiger partial charge in [-0.2, -0.15) is 14.5 Å². The molecule has 4 rings (SSSR count). The zero-order valence-corrected chi connectivity index (χ0v) is 17.9. The van der Waals surface area contributed by atoms with Crippen molar-refractivity contribution < 1.29 is 17.5 Å². The zero-order chi connectivity index (χ0) is 22.6. The van der Waals surface area contributed by atoms with Crippen molar-refractivity contribution in [2.45, 2.75) is 35.9 Å². The molecule has 9 nitrogen and oxygen atoms in total. The van der Waals surface area contributed by atoms with Crippen LogP contribution in [0.2, 0.25) is 0 Å². The number of aromatic nitrogens is 5. The summed E-state index contributed by atoms with van der Waals surface area (Å²) in [5.41, 5.74) is 1.45. The number of ether oxygens (including phenoxy) is 1. The average molecular weight is 438 g/mol. The molecule has 0 aromatic carbocycles. The number of rotatable bonds is 5. The third-order valence-corrected chi connectivity index (χ3v) is 7.31. The van der Waals surface area contributed by atoms with Gasteiger partial charge in [0.2, 0.25) is 15.9 Å². The van der Waals surface area contributed by atoms with Gasteiger partial charge in [-0.05, 0) is 42.1 Å². The van der Waals surface area contributed by atoms with Crippen LogP contribution < -0.4 is 4.74 Å². The average Bonchev–Trinajstić information content (AvgIpc) is 3.31. The highest BCUT2D eigenvalue weighted by molar-refractivity contribution is 7.89. The van der Waals surface area contributed by atoms with Crippen molar-refractivity contribution in [1.29, 1.82) is 0 Å². The van der Waals surface area contributed by atoms with E-state index in [9.17, 15) is 12.8 Å². The quantitative estimate of drug-likeness (QED) is 0.520. The van der Waals surface area contributed by atoms with Crippen molar-refractivity contribution in [3.05, 3.63) is 35.7 Å². The molecule has 156 valence electrons. The first-order valence-corrected chi connectivity index (χ1v) is 11.0. The molecule has 3 aromatic heterocycles. The van der Waals surface area contributed by atoms with Crippen molar-refractivity contribution >= 4 is 39.2 Å². The number of fused-ring (bicyclic) bond motifs is 1. The molecular formula is C17H18B3FN6O3S. The first kappa shape index (κ1) is 21.9. The standard InChI is InChI=1S/C17H18B3FN6O3S/c1-10-12(8-27-15(14(10)21)22-9-24-27)11-3-5-26(6-4-11)31(28,29)13-7-23-25(2)16(13)30-17(18,19)20/h7-9,11H,3-6H2,1-2H3. The van der Waals surface area contributed by atoms with Gasteiger partial charge in [-0.1, -0.05) is 0 Å². The fourth-order valence-corrected chi connectivity index (χ4v) is 5.39. The van der Waals surface area contributed by atoms with Gasteiger partial charge in [-0.15, -0.1) is 0 Å². The fourth-order valence-electron chi connectivity index (χ4n) is 3.85. The number of aryl methyl sites for hydroxylation is 1. The van der Waals surface area contributed by atoms with Gasteiger partial charge in [-0.3, -0.25) is 0 Å². The molecule has 0 unspecified atom stereocenters. The van der Waals surface area contributed by atoms with Crippen LogP contribution in [0.5, 0.6) is 5.88 Å². The molecule has 1 fully saturated rings. The molecule has 3 aromatic rings. The van der Waals surface area contributed by atoms with Crippen LogP contribution >= 0.6 is 0 Å². The van der Waals surface area contributed by atoms with Gasteiger partial charge in [0.05, 0.1) is 6.20 Å². The summed E-state index contributed by atoms with van der Waals surface area (Å²) in [6.45, 7) is 2.16. The van der Waals surface area contributed by atoms with Crippen molar-refractivity contribution in [3.8, 4) is 5.88 Å². The molecule has 0 bridgehead atoms. The zero-order valence-electron chi connectivity index (χ0n) is 17.1. The number of sulfonamides is 1. The Hall–Kier alpha value is -2.34. The van der Waals surface area contributed by atoms with E-state index in [-0.39, 0.29) is 35.4 Å². The maximum Gasteiger partial charge on any atom is 0.250 e. The minimum Gasteiger partial charge on any atom is -0.500 e. The van der Waals surface area contributed by atoms with Crippen molar-refractivity contribution in [2.75, 3.05) is 13.1 Å². The molecule has 31 heavy (non-hydrogen) atoms. The maximum atomic E-state index is 14.6. The molecule has 14 heteroatoms. The minimum absolute atomic E-state index is 0.0241.